The van der Waals surface area contributed by atoms with Gasteiger partial charge in [-0.05, 0) is 257 Å². The molecule has 0 heterocycles. The summed E-state index contributed by atoms with van der Waals surface area (Å²) in [5.41, 5.74) is 0.310. The van der Waals surface area contributed by atoms with Crippen LogP contribution in [0.15, 0.2) is 0 Å². The lowest BCUT2D eigenvalue weighted by Crippen LogP contribution is -2.17. The molecule has 2 unspecified atom stereocenters. The van der Waals surface area contributed by atoms with Gasteiger partial charge in [-0.25, -0.2) is 0 Å². The quantitative estimate of drug-likeness (QED) is 0.0480. The molecule has 0 aliphatic heterocycles. The molecule has 22 heteroatoms. The Labute approximate surface area is 718 Å². The van der Waals surface area contributed by atoms with Crippen LogP contribution in [-0.2, 0) is 90.0 Å². The van der Waals surface area contributed by atoms with Gasteiger partial charge in [-0.3, -0.25) is 0 Å². The van der Waals surface area contributed by atoms with E-state index in [-0.39, 0.29) is 37.1 Å². The van der Waals surface area contributed by atoms with E-state index in [2.05, 4.69) is 145 Å². The summed E-state index contributed by atoms with van der Waals surface area (Å²) in [6, 6.07) is 0. The Morgan fingerprint density at radius 3 is 0.704 bits per heavy atom. The maximum absolute atomic E-state index is 8.76. The molecule has 0 aliphatic rings. The summed E-state index contributed by atoms with van der Waals surface area (Å²) in [4.78, 5) is 0. The van der Waals surface area contributed by atoms with Crippen molar-refractivity contribution in [1.29, 1.82) is 0 Å². The van der Waals surface area contributed by atoms with E-state index in [1.165, 1.54) is 44.9 Å². The molecule has 0 radical (unpaired) electrons. The van der Waals surface area contributed by atoms with E-state index in [0.29, 0.717) is 132 Å². The highest BCUT2D eigenvalue weighted by Crippen LogP contribution is 2.14. The molecule has 0 rings (SSSR count). The van der Waals surface area contributed by atoms with Gasteiger partial charge in [0.1, 0.15) is 0 Å². The summed E-state index contributed by atoms with van der Waals surface area (Å²) in [5, 5.41) is 26.1. The first-order valence-corrected chi connectivity index (χ1v) is 44.9. The van der Waals surface area contributed by atoms with Crippen LogP contribution in [0.4, 0.5) is 0 Å². The molecule has 0 saturated carbocycles. The number of methoxy groups -OCH3 is 4. The molecule has 716 valence electrons. The van der Waals surface area contributed by atoms with Gasteiger partial charge in [-0.15, -0.1) is 0 Å². The third kappa shape index (κ3) is 235. The van der Waals surface area contributed by atoms with Crippen LogP contribution in [0.1, 0.15) is 340 Å². The number of rotatable bonds is 57. The van der Waals surface area contributed by atoms with Crippen LogP contribution in [0.5, 0.6) is 0 Å². The molecule has 0 aliphatic carbocycles. The Morgan fingerprint density at radius 1 is 0.226 bits per heavy atom. The Hall–Kier alpha value is -0.880. The van der Waals surface area contributed by atoms with Gasteiger partial charge in [-0.2, -0.15) is 0 Å². The number of unbranched alkanes of at least 4 members (excludes halogenated alkanes) is 5. The van der Waals surface area contributed by atoms with Crippen molar-refractivity contribution in [3.8, 4) is 0 Å². The van der Waals surface area contributed by atoms with Crippen LogP contribution in [0.25, 0.3) is 0 Å². The normalized spacial score (nSPS) is 11.7. The second-order valence-corrected chi connectivity index (χ2v) is 32.2. The number of aliphatic hydroxyl groups is 3. The minimum absolute atomic E-state index is 0.226. The third-order valence-corrected chi connectivity index (χ3v) is 12.5. The van der Waals surface area contributed by atoms with Gasteiger partial charge >= 0.3 is 0 Å². The molecule has 0 saturated heterocycles. The van der Waals surface area contributed by atoms with Gasteiger partial charge in [0.2, 0.25) is 0 Å². The first-order chi connectivity index (χ1) is 53.8. The van der Waals surface area contributed by atoms with Crippen molar-refractivity contribution in [3.63, 3.8) is 0 Å². The maximum atomic E-state index is 8.76. The molecule has 3 N–H and O–H groups in total. The maximum Gasteiger partial charge on any atom is 0.0745 e. The molecule has 115 heavy (non-hydrogen) atoms. The third-order valence-electron chi connectivity index (χ3n) is 12.5. The molecule has 0 aromatic carbocycles. The van der Waals surface area contributed by atoms with E-state index in [1.54, 1.807) is 42.3 Å². The van der Waals surface area contributed by atoms with Gasteiger partial charge in [0.05, 0.1) is 171 Å². The lowest BCUT2D eigenvalue weighted by Gasteiger charge is -2.19. The van der Waals surface area contributed by atoms with E-state index in [1.807, 2.05) is 96.9 Å². The molecule has 0 fully saturated rings. The lowest BCUT2D eigenvalue weighted by atomic mass is 9.99. The zero-order chi connectivity index (χ0) is 91.9. The summed E-state index contributed by atoms with van der Waals surface area (Å²) in [6.45, 7) is 91.5. The highest BCUT2D eigenvalue weighted by molar-refractivity contribution is 4.59. The molecule has 0 spiro atoms. The fourth-order valence-corrected chi connectivity index (χ4v) is 6.39. The summed E-state index contributed by atoms with van der Waals surface area (Å²) in [7, 11) is 6.76. The van der Waals surface area contributed by atoms with Gasteiger partial charge in [0.25, 0.3) is 0 Å². The molecule has 3 atom stereocenters. The predicted molar refractivity (Wildman–Crippen MR) is 491 cm³/mol. The standard InChI is InChI=1S/C8H18O3.3C8H18O2.2C8H18O.C7H16O2.2C7H16O.3C6H14O2.C6H14O/c1-8(2)11-7-6-10-5-4-9-3;1-8(2)10-7-5-4-6-9-3;1-4-8(5-9)6-10-7(2)3;1-4-5-9-6-7-10-8(2)3;1-7(2)9-6-8(3,4)5;1-4-5-6-7-9-8(2)3;1-7(2)9-6-4-5-8-3;2*1-4-5-6-8-7(2)3;1-6(2)8-5-4-7-3;2*1-5(2)8-4-6(3)7;1-4-5-7-6(2)3/h8H,4-7H2,1-3H3;8H,4-7H2,1-3H3;7-9H,4-6H2,1-3H3;8H,4-7H2,1-3H3;7H,6H2,1-5H3;8H,4-7H2,1-3H3;7H,4-6H2,1-3H3;2*7H,4-6H2,1-3H3;6H,4-5H2,1-3H3;2*5-7H,4H2,1-3H3;6H,4-5H2,1-3H3/t;;;;;;;;;;6-;;/m..........1../s1. The zero-order valence-electron chi connectivity index (χ0n) is 84.6. The van der Waals surface area contributed by atoms with Crippen LogP contribution < -0.4 is 0 Å². The Balaban J connectivity index is -0.0000000892. The summed E-state index contributed by atoms with van der Waals surface area (Å²) < 4.78 is 97.9. The van der Waals surface area contributed by atoms with Gasteiger partial charge in [0, 0.05) is 100 Å². The molecular weight excluding hydrogens is 1470 g/mol. The van der Waals surface area contributed by atoms with Crippen molar-refractivity contribution in [2.24, 2.45) is 11.3 Å². The highest BCUT2D eigenvalue weighted by Gasteiger charge is 2.11. The van der Waals surface area contributed by atoms with Gasteiger partial charge in [0.15, 0.2) is 0 Å². The van der Waals surface area contributed by atoms with E-state index >= 15 is 0 Å². The predicted octanol–water partition coefficient (Wildman–Crippen LogP) is 21.6. The number of aliphatic hydroxyl groups excluding tert-OH is 3. The molecule has 22 nitrogen and oxygen atoms in total. The largest absolute Gasteiger partial charge is 0.396 e. The van der Waals surface area contributed by atoms with Crippen molar-refractivity contribution in [1.82, 2.24) is 0 Å². The zero-order valence-corrected chi connectivity index (χ0v) is 84.6. The van der Waals surface area contributed by atoms with Crippen molar-refractivity contribution < 1.29 is 105 Å². The van der Waals surface area contributed by atoms with E-state index in [0.717, 1.165) is 118 Å². The second kappa shape index (κ2) is 124. The molecule has 0 aromatic rings. The topological polar surface area (TPSA) is 236 Å². The number of hydrogen-bond donors (Lipinski definition) is 3. The average molecular weight is 1680 g/mol. The summed E-state index contributed by atoms with van der Waals surface area (Å²) in [5.74, 6) is 0.322. The molecule has 0 aromatic heterocycles. The molecule has 0 bridgehead atoms. The van der Waals surface area contributed by atoms with Gasteiger partial charge < -0.3 is 105 Å². The van der Waals surface area contributed by atoms with Crippen molar-refractivity contribution >= 4 is 0 Å². The van der Waals surface area contributed by atoms with Crippen molar-refractivity contribution in [3.05, 3.63) is 0 Å². The minimum atomic E-state index is -0.336. The Kier molecular flexibility index (Phi) is 154. The van der Waals surface area contributed by atoms with E-state index in [9.17, 15) is 0 Å². The number of hydrogen-bond acceptors (Lipinski definition) is 22. The average Bonchev–Trinajstić information content (AvgIpc) is 0.979. The first-order valence-electron chi connectivity index (χ1n) is 44.9. The fraction of sp³-hybridized carbons (Fsp3) is 1.00. The number of ether oxygens (including phenoxy) is 19. The van der Waals surface area contributed by atoms with Crippen LogP contribution >= 0.6 is 0 Å². The van der Waals surface area contributed by atoms with E-state index in [4.69, 9.17) is 105 Å². The molecular formula is C93H212O22. The SMILES string of the molecule is CC(C)OCC(C)(C)C.CC(C)OC[C@@H](C)O.CC(O)COC(C)C.CCC(CO)COC(C)C.CCCCCOC(C)C.CCCCOC(C)C.CCCCOC(C)C.CCCOC(C)C.CCCOCCOC(C)C.COCCCCOC(C)C.COCCCOC(C)C.COCCOC(C)C.COCCOCCOC(C)C. The van der Waals surface area contributed by atoms with Gasteiger partial charge in [-0.1, -0.05) is 88.0 Å². The highest BCUT2D eigenvalue weighted by atomic mass is 16.6. The molecule has 0 amide bonds. The van der Waals surface area contributed by atoms with Crippen molar-refractivity contribution in [2.75, 3.05) is 174 Å². The fourth-order valence-electron chi connectivity index (χ4n) is 6.39. The monoisotopic (exact) mass is 1680 g/mol. The minimum Gasteiger partial charge on any atom is -0.396 e. The lowest BCUT2D eigenvalue weighted by molar-refractivity contribution is 0.00514. The van der Waals surface area contributed by atoms with Crippen LogP contribution in [0.2, 0.25) is 0 Å². The first kappa shape index (κ1) is 143. The van der Waals surface area contributed by atoms with Crippen LogP contribution in [-0.4, -0.2) is 281 Å². The smallest absolute Gasteiger partial charge is 0.0745 e. The summed E-state index contributed by atoms with van der Waals surface area (Å²) in [6.07, 6.45) is 18.7. The second-order valence-electron chi connectivity index (χ2n) is 32.2. The Bertz CT molecular complexity index is 1400. The van der Waals surface area contributed by atoms with Crippen LogP contribution in [0.3, 0.4) is 0 Å². The van der Waals surface area contributed by atoms with Crippen molar-refractivity contribution in [2.45, 2.75) is 431 Å². The summed E-state index contributed by atoms with van der Waals surface area (Å²) >= 11 is 0. The van der Waals surface area contributed by atoms with Crippen LogP contribution in [0, 0.1) is 11.3 Å². The van der Waals surface area contributed by atoms with E-state index < -0.39 is 0 Å². The Morgan fingerprint density at radius 2 is 0.461 bits per heavy atom.